The van der Waals surface area contributed by atoms with E-state index in [0.29, 0.717) is 0 Å². The first kappa shape index (κ1) is 13.5. The summed E-state index contributed by atoms with van der Waals surface area (Å²) in [5.41, 5.74) is 4.54. The number of likely N-dealkylation sites (N-methyl/N-ethyl adjacent to an activating group) is 1. The van der Waals surface area contributed by atoms with Gasteiger partial charge in [0.15, 0.2) is 0 Å². The molecule has 0 atom stereocenters. The van der Waals surface area contributed by atoms with Crippen LogP contribution in [0.1, 0.15) is 5.56 Å². The van der Waals surface area contributed by atoms with Crippen LogP contribution in [0.2, 0.25) is 0 Å². The van der Waals surface area contributed by atoms with Gasteiger partial charge in [0.25, 0.3) is 0 Å². The Morgan fingerprint density at radius 2 is 1.85 bits per heavy atom. The molecule has 1 N–H and O–H groups in total. The maximum Gasteiger partial charge on any atom is 0.0692 e. The SMILES string of the molecule is CN1CCN(c2ccc(CO)c(Br)c2)c2ccccc21. The molecule has 20 heavy (non-hydrogen) atoms. The molecule has 0 spiro atoms. The van der Waals surface area contributed by atoms with Gasteiger partial charge in [-0.2, -0.15) is 0 Å². The Morgan fingerprint density at radius 3 is 2.55 bits per heavy atom. The van der Waals surface area contributed by atoms with Crippen molar-refractivity contribution in [2.75, 3.05) is 29.9 Å². The minimum atomic E-state index is 0.0557. The summed E-state index contributed by atoms with van der Waals surface area (Å²) >= 11 is 3.53. The molecule has 0 amide bonds. The van der Waals surface area contributed by atoms with Crippen molar-refractivity contribution in [2.24, 2.45) is 0 Å². The second-order valence-electron chi connectivity index (χ2n) is 5.00. The molecule has 1 aliphatic rings. The van der Waals surface area contributed by atoms with Crippen molar-refractivity contribution in [3.8, 4) is 0 Å². The number of benzene rings is 2. The average molecular weight is 333 g/mol. The molecular weight excluding hydrogens is 316 g/mol. The van der Waals surface area contributed by atoms with E-state index in [1.807, 2.05) is 6.07 Å². The zero-order valence-corrected chi connectivity index (χ0v) is 13.0. The van der Waals surface area contributed by atoms with Gasteiger partial charge in [-0.3, -0.25) is 0 Å². The molecule has 0 bridgehead atoms. The van der Waals surface area contributed by atoms with Crippen LogP contribution in [0.15, 0.2) is 46.9 Å². The van der Waals surface area contributed by atoms with Crippen molar-refractivity contribution in [1.82, 2.24) is 0 Å². The molecule has 104 valence electrons. The van der Waals surface area contributed by atoms with Crippen LogP contribution in [-0.4, -0.2) is 25.2 Å². The highest BCUT2D eigenvalue weighted by molar-refractivity contribution is 9.10. The number of hydrogen-bond acceptors (Lipinski definition) is 3. The number of nitrogens with zero attached hydrogens (tertiary/aromatic N) is 2. The summed E-state index contributed by atoms with van der Waals surface area (Å²) in [6.45, 7) is 2.01. The predicted molar refractivity (Wildman–Crippen MR) is 86.8 cm³/mol. The van der Waals surface area contributed by atoms with Crippen LogP contribution < -0.4 is 9.80 Å². The normalized spacial score (nSPS) is 14.3. The fraction of sp³-hybridized carbons (Fsp3) is 0.250. The lowest BCUT2D eigenvalue weighted by Gasteiger charge is -2.37. The fourth-order valence-corrected chi connectivity index (χ4v) is 3.10. The Kier molecular flexibility index (Phi) is 3.68. The molecule has 2 aromatic carbocycles. The van der Waals surface area contributed by atoms with E-state index >= 15 is 0 Å². The minimum Gasteiger partial charge on any atom is -0.392 e. The Bertz CT molecular complexity index is 630. The van der Waals surface area contributed by atoms with Gasteiger partial charge in [-0.15, -0.1) is 0 Å². The van der Waals surface area contributed by atoms with E-state index in [9.17, 15) is 5.11 Å². The van der Waals surface area contributed by atoms with Crippen LogP contribution >= 0.6 is 15.9 Å². The monoisotopic (exact) mass is 332 g/mol. The molecule has 0 saturated carbocycles. The summed E-state index contributed by atoms with van der Waals surface area (Å²) in [4.78, 5) is 4.60. The second kappa shape index (κ2) is 5.46. The number of rotatable bonds is 2. The third kappa shape index (κ3) is 2.30. The molecular formula is C16H17BrN2O. The summed E-state index contributed by atoms with van der Waals surface area (Å²) in [6.07, 6.45) is 0. The lowest BCUT2D eigenvalue weighted by molar-refractivity contribution is 0.281. The third-order valence-electron chi connectivity index (χ3n) is 3.76. The summed E-state index contributed by atoms with van der Waals surface area (Å²) in [6, 6.07) is 14.6. The van der Waals surface area contributed by atoms with Gasteiger partial charge in [0.1, 0.15) is 0 Å². The zero-order chi connectivity index (χ0) is 14.1. The van der Waals surface area contributed by atoms with Gasteiger partial charge in [0.05, 0.1) is 18.0 Å². The van der Waals surface area contributed by atoms with E-state index in [-0.39, 0.29) is 6.61 Å². The molecule has 0 fully saturated rings. The molecule has 3 nitrogen and oxygen atoms in total. The number of aliphatic hydroxyl groups is 1. The molecule has 0 unspecified atom stereocenters. The average Bonchev–Trinajstić information content (AvgIpc) is 2.48. The number of halogens is 1. The molecule has 0 saturated heterocycles. The topological polar surface area (TPSA) is 26.7 Å². The van der Waals surface area contributed by atoms with Crippen molar-refractivity contribution in [3.05, 3.63) is 52.5 Å². The van der Waals surface area contributed by atoms with E-state index < -0.39 is 0 Å². The number of hydrogen-bond donors (Lipinski definition) is 1. The standard InChI is InChI=1S/C16H17BrN2O/c1-18-8-9-19(16-5-3-2-4-15(16)18)13-7-6-12(11-20)14(17)10-13/h2-7,10,20H,8-9,11H2,1H3. The first-order chi connectivity index (χ1) is 9.70. The van der Waals surface area contributed by atoms with Gasteiger partial charge in [0.2, 0.25) is 0 Å². The Morgan fingerprint density at radius 1 is 1.10 bits per heavy atom. The molecule has 4 heteroatoms. The van der Waals surface area contributed by atoms with Gasteiger partial charge < -0.3 is 14.9 Å². The van der Waals surface area contributed by atoms with Gasteiger partial charge >= 0.3 is 0 Å². The van der Waals surface area contributed by atoms with Crippen molar-refractivity contribution in [1.29, 1.82) is 0 Å². The Hall–Kier alpha value is -1.52. The van der Waals surface area contributed by atoms with E-state index in [4.69, 9.17) is 0 Å². The molecule has 0 aliphatic carbocycles. The zero-order valence-electron chi connectivity index (χ0n) is 11.4. The van der Waals surface area contributed by atoms with Crippen LogP contribution in [0.25, 0.3) is 0 Å². The van der Waals surface area contributed by atoms with E-state index in [1.165, 1.54) is 11.4 Å². The smallest absolute Gasteiger partial charge is 0.0692 e. The third-order valence-corrected chi connectivity index (χ3v) is 4.50. The number of aliphatic hydroxyl groups excluding tert-OH is 1. The van der Waals surface area contributed by atoms with Crippen molar-refractivity contribution < 1.29 is 5.11 Å². The highest BCUT2D eigenvalue weighted by atomic mass is 79.9. The largest absolute Gasteiger partial charge is 0.392 e. The lowest BCUT2D eigenvalue weighted by atomic mass is 10.1. The van der Waals surface area contributed by atoms with Crippen molar-refractivity contribution in [2.45, 2.75) is 6.61 Å². The lowest BCUT2D eigenvalue weighted by Crippen LogP contribution is -2.36. The van der Waals surface area contributed by atoms with Crippen LogP contribution in [0.3, 0.4) is 0 Å². The van der Waals surface area contributed by atoms with Crippen LogP contribution in [0.5, 0.6) is 0 Å². The highest BCUT2D eigenvalue weighted by Gasteiger charge is 2.21. The summed E-state index contributed by atoms with van der Waals surface area (Å²) < 4.78 is 0.953. The molecule has 1 heterocycles. The molecule has 1 aliphatic heterocycles. The number of anilines is 3. The van der Waals surface area contributed by atoms with Crippen molar-refractivity contribution in [3.63, 3.8) is 0 Å². The van der Waals surface area contributed by atoms with Gasteiger partial charge in [-0.05, 0) is 29.8 Å². The van der Waals surface area contributed by atoms with Crippen LogP contribution in [-0.2, 0) is 6.61 Å². The van der Waals surface area contributed by atoms with E-state index in [1.54, 1.807) is 0 Å². The van der Waals surface area contributed by atoms with Crippen LogP contribution in [0.4, 0.5) is 17.1 Å². The summed E-state index contributed by atoms with van der Waals surface area (Å²) in [7, 11) is 2.13. The first-order valence-corrected chi connectivity index (χ1v) is 7.47. The number of fused-ring (bicyclic) bond motifs is 1. The summed E-state index contributed by atoms with van der Waals surface area (Å²) in [5, 5.41) is 9.26. The minimum absolute atomic E-state index is 0.0557. The maximum absolute atomic E-state index is 9.26. The maximum atomic E-state index is 9.26. The quantitative estimate of drug-likeness (QED) is 0.911. The van der Waals surface area contributed by atoms with Crippen molar-refractivity contribution >= 4 is 33.0 Å². The Labute approximate surface area is 127 Å². The first-order valence-electron chi connectivity index (χ1n) is 6.67. The summed E-state index contributed by atoms with van der Waals surface area (Å²) in [5.74, 6) is 0. The molecule has 0 aromatic heterocycles. The van der Waals surface area contributed by atoms with E-state index in [2.05, 4.69) is 69.2 Å². The number of para-hydroxylation sites is 2. The van der Waals surface area contributed by atoms with Gasteiger partial charge in [-0.1, -0.05) is 34.1 Å². The molecule has 3 rings (SSSR count). The second-order valence-corrected chi connectivity index (χ2v) is 5.85. The Balaban J connectivity index is 2.03. The highest BCUT2D eigenvalue weighted by Crippen LogP contribution is 2.37. The van der Waals surface area contributed by atoms with Crippen LogP contribution in [0, 0.1) is 0 Å². The van der Waals surface area contributed by atoms with E-state index in [0.717, 1.165) is 28.8 Å². The molecule has 0 radical (unpaired) electrons. The fourth-order valence-electron chi connectivity index (χ4n) is 2.61. The van der Waals surface area contributed by atoms with Gasteiger partial charge in [-0.25, -0.2) is 0 Å². The predicted octanol–water partition coefficient (Wildman–Crippen LogP) is 3.53. The van der Waals surface area contributed by atoms with Gasteiger partial charge in [0, 0.05) is 30.3 Å². The molecule has 2 aromatic rings.